The lowest BCUT2D eigenvalue weighted by Gasteiger charge is -2.17. The number of ether oxygens (including phenoxy) is 1. The molecule has 0 atom stereocenters. The monoisotopic (exact) mass is 292 g/mol. The second-order valence-electron chi connectivity index (χ2n) is 4.82. The van der Waals surface area contributed by atoms with Gasteiger partial charge in [-0.25, -0.2) is 0 Å². The molecule has 1 N–H and O–H groups in total. The third kappa shape index (κ3) is 5.85. The lowest BCUT2D eigenvalue weighted by atomic mass is 10.2. The summed E-state index contributed by atoms with van der Waals surface area (Å²) in [6, 6.07) is 7.19. The van der Waals surface area contributed by atoms with Crippen molar-refractivity contribution in [2.75, 3.05) is 25.5 Å². The molecule has 0 saturated carbocycles. The van der Waals surface area contributed by atoms with E-state index in [2.05, 4.69) is 12.2 Å². The molecule has 0 fully saturated rings. The van der Waals surface area contributed by atoms with Crippen LogP contribution in [0.4, 0.5) is 5.69 Å². The summed E-state index contributed by atoms with van der Waals surface area (Å²) in [7, 11) is 1.72. The van der Waals surface area contributed by atoms with Crippen LogP contribution in [0.25, 0.3) is 0 Å². The normalized spacial score (nSPS) is 10.0. The molecule has 0 radical (unpaired) electrons. The maximum atomic E-state index is 11.9. The highest BCUT2D eigenvalue weighted by Crippen LogP contribution is 2.23. The van der Waals surface area contributed by atoms with Crippen LogP contribution in [0.15, 0.2) is 24.3 Å². The van der Waals surface area contributed by atoms with Crippen molar-refractivity contribution in [3.63, 3.8) is 0 Å². The zero-order valence-corrected chi connectivity index (χ0v) is 13.0. The first-order chi connectivity index (χ1) is 10.1. The first-order valence-corrected chi connectivity index (χ1v) is 7.34. The average Bonchev–Trinajstić information content (AvgIpc) is 2.46. The second-order valence-corrected chi connectivity index (χ2v) is 4.82. The zero-order valence-electron chi connectivity index (χ0n) is 13.0. The van der Waals surface area contributed by atoms with E-state index in [0.29, 0.717) is 24.6 Å². The summed E-state index contributed by atoms with van der Waals surface area (Å²) >= 11 is 0. The predicted molar refractivity (Wildman–Crippen MR) is 83.4 cm³/mol. The Balaban J connectivity index is 2.55. The third-order valence-corrected chi connectivity index (χ3v) is 3.05. The van der Waals surface area contributed by atoms with Crippen molar-refractivity contribution in [2.45, 2.75) is 33.1 Å². The summed E-state index contributed by atoms with van der Waals surface area (Å²) in [5, 5.41) is 2.73. The Kier molecular flexibility index (Phi) is 7.29. The van der Waals surface area contributed by atoms with Crippen LogP contribution in [-0.4, -0.2) is 36.9 Å². The van der Waals surface area contributed by atoms with Gasteiger partial charge < -0.3 is 15.0 Å². The molecule has 1 aromatic carbocycles. The molecule has 0 heterocycles. The summed E-state index contributed by atoms with van der Waals surface area (Å²) in [6.45, 7) is 5.14. The van der Waals surface area contributed by atoms with E-state index in [1.54, 1.807) is 24.1 Å². The smallest absolute Gasteiger partial charge is 0.233 e. The molecule has 0 aromatic heterocycles. The molecule has 0 saturated heterocycles. The first kappa shape index (κ1) is 17.0. The van der Waals surface area contributed by atoms with Crippen molar-refractivity contribution in [3.05, 3.63) is 24.3 Å². The summed E-state index contributed by atoms with van der Waals surface area (Å²) in [5.41, 5.74) is 0.591. The fraction of sp³-hybridized carbons (Fsp3) is 0.500. The number of benzene rings is 1. The second kappa shape index (κ2) is 9.00. The molecule has 1 rings (SSSR count). The minimum atomic E-state index is -0.324. The number of anilines is 1. The molecule has 21 heavy (non-hydrogen) atoms. The quantitative estimate of drug-likeness (QED) is 0.749. The number of nitrogens with zero attached hydrogens (tertiary/aromatic N) is 1. The van der Waals surface area contributed by atoms with Crippen LogP contribution in [0, 0.1) is 0 Å². The number of hydrogen-bond acceptors (Lipinski definition) is 3. The Bertz CT molecular complexity index is 474. The van der Waals surface area contributed by atoms with Crippen LogP contribution in [0.1, 0.15) is 33.1 Å². The highest BCUT2D eigenvalue weighted by atomic mass is 16.5. The molecular weight excluding hydrogens is 268 g/mol. The SMILES string of the molecule is CCCCN(C)C(=O)CC(=O)Nc1ccccc1OCC. The van der Waals surface area contributed by atoms with E-state index >= 15 is 0 Å². The molecule has 2 amide bonds. The fourth-order valence-corrected chi connectivity index (χ4v) is 1.84. The largest absolute Gasteiger partial charge is 0.492 e. The number of rotatable bonds is 8. The molecule has 0 aliphatic rings. The van der Waals surface area contributed by atoms with E-state index in [0.717, 1.165) is 12.8 Å². The van der Waals surface area contributed by atoms with Gasteiger partial charge in [0.15, 0.2) is 0 Å². The van der Waals surface area contributed by atoms with Crippen LogP contribution >= 0.6 is 0 Å². The maximum absolute atomic E-state index is 11.9. The molecular formula is C16H24N2O3. The van der Waals surface area contributed by atoms with Crippen molar-refractivity contribution in [2.24, 2.45) is 0 Å². The number of para-hydroxylation sites is 2. The number of hydrogen-bond donors (Lipinski definition) is 1. The minimum Gasteiger partial charge on any atom is -0.492 e. The van der Waals surface area contributed by atoms with Gasteiger partial charge in [0.2, 0.25) is 11.8 Å². The van der Waals surface area contributed by atoms with Gasteiger partial charge in [0.1, 0.15) is 12.2 Å². The van der Waals surface area contributed by atoms with E-state index in [-0.39, 0.29) is 18.2 Å². The predicted octanol–water partition coefficient (Wildman–Crippen LogP) is 2.67. The molecule has 0 bridgehead atoms. The van der Waals surface area contributed by atoms with Gasteiger partial charge in [0.25, 0.3) is 0 Å². The summed E-state index contributed by atoms with van der Waals surface area (Å²) in [5.74, 6) is 0.116. The van der Waals surface area contributed by atoms with E-state index in [4.69, 9.17) is 4.74 Å². The van der Waals surface area contributed by atoms with Gasteiger partial charge in [0.05, 0.1) is 12.3 Å². The minimum absolute atomic E-state index is 0.152. The highest BCUT2D eigenvalue weighted by Gasteiger charge is 2.15. The number of carbonyl (C=O) groups excluding carboxylic acids is 2. The third-order valence-electron chi connectivity index (χ3n) is 3.05. The molecule has 5 heteroatoms. The van der Waals surface area contributed by atoms with Crippen molar-refractivity contribution in [3.8, 4) is 5.75 Å². The van der Waals surface area contributed by atoms with Gasteiger partial charge >= 0.3 is 0 Å². The van der Waals surface area contributed by atoms with Crippen LogP contribution in [-0.2, 0) is 9.59 Å². The van der Waals surface area contributed by atoms with Gasteiger partial charge in [-0.15, -0.1) is 0 Å². The van der Waals surface area contributed by atoms with Crippen LogP contribution in [0.3, 0.4) is 0 Å². The highest BCUT2D eigenvalue weighted by molar-refractivity contribution is 6.04. The Hall–Kier alpha value is -2.04. The van der Waals surface area contributed by atoms with E-state index in [1.165, 1.54) is 0 Å². The molecule has 5 nitrogen and oxygen atoms in total. The fourth-order valence-electron chi connectivity index (χ4n) is 1.84. The summed E-state index contributed by atoms with van der Waals surface area (Å²) < 4.78 is 5.43. The van der Waals surface area contributed by atoms with Gasteiger partial charge in [-0.1, -0.05) is 25.5 Å². The number of unbranched alkanes of at least 4 members (excludes halogenated alkanes) is 1. The molecule has 0 aliphatic heterocycles. The standard InChI is InChI=1S/C16H24N2O3/c1-4-6-11-18(3)16(20)12-15(19)17-13-9-7-8-10-14(13)21-5-2/h7-10H,4-6,11-12H2,1-3H3,(H,17,19). The van der Waals surface area contributed by atoms with Crippen molar-refractivity contribution in [1.82, 2.24) is 4.90 Å². The Morgan fingerprint density at radius 1 is 1.24 bits per heavy atom. The van der Waals surface area contributed by atoms with E-state index in [9.17, 15) is 9.59 Å². The Morgan fingerprint density at radius 2 is 1.95 bits per heavy atom. The Morgan fingerprint density at radius 3 is 2.62 bits per heavy atom. The molecule has 0 spiro atoms. The zero-order chi connectivity index (χ0) is 15.7. The lowest BCUT2D eigenvalue weighted by Crippen LogP contribution is -2.31. The molecule has 0 unspecified atom stereocenters. The van der Waals surface area contributed by atoms with Crippen molar-refractivity contribution < 1.29 is 14.3 Å². The topological polar surface area (TPSA) is 58.6 Å². The molecule has 116 valence electrons. The Labute approximate surface area is 126 Å². The summed E-state index contributed by atoms with van der Waals surface area (Å²) in [4.78, 5) is 25.4. The van der Waals surface area contributed by atoms with Crippen LogP contribution < -0.4 is 10.1 Å². The van der Waals surface area contributed by atoms with Crippen LogP contribution in [0.5, 0.6) is 5.75 Å². The van der Waals surface area contributed by atoms with Gasteiger partial charge in [-0.2, -0.15) is 0 Å². The van der Waals surface area contributed by atoms with Crippen molar-refractivity contribution >= 4 is 17.5 Å². The number of nitrogens with one attached hydrogen (secondary N) is 1. The maximum Gasteiger partial charge on any atom is 0.233 e. The van der Waals surface area contributed by atoms with Crippen LogP contribution in [0.2, 0.25) is 0 Å². The molecule has 0 aliphatic carbocycles. The van der Waals surface area contributed by atoms with E-state index < -0.39 is 0 Å². The van der Waals surface area contributed by atoms with Crippen molar-refractivity contribution in [1.29, 1.82) is 0 Å². The number of amides is 2. The van der Waals surface area contributed by atoms with Gasteiger partial charge in [-0.05, 0) is 25.5 Å². The van der Waals surface area contributed by atoms with E-state index in [1.807, 2.05) is 19.1 Å². The van der Waals surface area contributed by atoms with Gasteiger partial charge in [-0.3, -0.25) is 9.59 Å². The number of carbonyl (C=O) groups is 2. The lowest BCUT2D eigenvalue weighted by molar-refractivity contribution is -0.133. The summed E-state index contributed by atoms with van der Waals surface area (Å²) in [6.07, 6.45) is 1.81. The average molecular weight is 292 g/mol. The first-order valence-electron chi connectivity index (χ1n) is 7.34. The molecule has 1 aromatic rings. The van der Waals surface area contributed by atoms with Gasteiger partial charge in [0, 0.05) is 13.6 Å².